The van der Waals surface area contributed by atoms with Gasteiger partial charge in [-0.05, 0) is 72.7 Å². The Labute approximate surface area is 318 Å². The average Bonchev–Trinajstić information content (AvgIpc) is 3.43. The number of hydrogen-bond donors (Lipinski definition) is 0. The molecule has 0 spiro atoms. The van der Waals surface area contributed by atoms with Crippen molar-refractivity contribution < 1.29 is 36.2 Å². The van der Waals surface area contributed by atoms with Crippen molar-refractivity contribution in [3.8, 4) is 28.3 Å². The fraction of sp³-hybridized carbons (Fsp3) is 0.512. The first-order chi connectivity index (χ1) is 25.7. The predicted octanol–water partition coefficient (Wildman–Crippen LogP) is 8.33. The highest BCUT2D eigenvalue weighted by atomic mass is 32.2. The van der Waals surface area contributed by atoms with Gasteiger partial charge in [-0.15, -0.1) is 0 Å². The number of benzene rings is 3. The number of carbonyl (C=O) groups excluding carboxylic acids is 1. The van der Waals surface area contributed by atoms with Crippen LogP contribution in [0, 0.1) is 23.5 Å². The topological polar surface area (TPSA) is 100.0 Å². The van der Waals surface area contributed by atoms with Crippen LogP contribution >= 0.6 is 0 Å². The van der Waals surface area contributed by atoms with Gasteiger partial charge in [0.1, 0.15) is 34.0 Å². The summed E-state index contributed by atoms with van der Waals surface area (Å²) >= 11 is 0. The van der Waals surface area contributed by atoms with Gasteiger partial charge < -0.3 is 14.2 Å². The smallest absolute Gasteiger partial charge is 0.306 e. The van der Waals surface area contributed by atoms with Gasteiger partial charge in [0.2, 0.25) is 0 Å². The Bertz CT molecular complexity index is 2020. The maximum Gasteiger partial charge on any atom is 0.306 e. The summed E-state index contributed by atoms with van der Waals surface area (Å²) in [5, 5.41) is 0. The van der Waals surface area contributed by atoms with Gasteiger partial charge in [0, 0.05) is 53.1 Å². The molecule has 0 atom stereocenters. The minimum Gasteiger partial charge on any atom is -0.466 e. The zero-order valence-corrected chi connectivity index (χ0v) is 33.9. The molecule has 0 radical (unpaired) electrons. The summed E-state index contributed by atoms with van der Waals surface area (Å²) in [6.07, 6.45) is 4.54. The lowest BCUT2D eigenvalue weighted by Crippen LogP contribution is -2.48. The van der Waals surface area contributed by atoms with Crippen molar-refractivity contribution in [3.05, 3.63) is 71.8 Å². The molecule has 0 unspecified atom stereocenters. The molecule has 1 saturated heterocycles. The predicted molar refractivity (Wildman–Crippen MR) is 211 cm³/mol. The van der Waals surface area contributed by atoms with E-state index in [0.717, 1.165) is 55.2 Å². The molecule has 0 bridgehead atoms. The van der Waals surface area contributed by atoms with Crippen LogP contribution in [0.25, 0.3) is 33.3 Å². The molecule has 0 amide bonds. The Kier molecular flexibility index (Phi) is 12.6. The lowest BCUT2D eigenvalue weighted by Gasteiger charge is -2.39. The molecular formula is C41H53F2N3O6SSi. The molecule has 1 aliphatic carbocycles. The van der Waals surface area contributed by atoms with E-state index in [1.54, 1.807) is 23.6 Å². The number of rotatable bonds is 16. The van der Waals surface area contributed by atoms with E-state index in [-0.39, 0.29) is 59.0 Å². The summed E-state index contributed by atoms with van der Waals surface area (Å²) in [5.74, 6) is -0.979. The van der Waals surface area contributed by atoms with Gasteiger partial charge in [0.15, 0.2) is 5.82 Å². The number of likely N-dealkylation sites (tertiary alicyclic amines) is 1. The average molecular weight is 782 g/mol. The van der Waals surface area contributed by atoms with Gasteiger partial charge in [0.05, 0.1) is 23.4 Å². The molecule has 13 heteroatoms. The van der Waals surface area contributed by atoms with E-state index in [9.17, 15) is 13.2 Å². The molecule has 3 aromatic carbocycles. The summed E-state index contributed by atoms with van der Waals surface area (Å²) < 4.78 is 74.6. The fourth-order valence-corrected chi connectivity index (χ4v) is 9.29. The summed E-state index contributed by atoms with van der Waals surface area (Å²) in [6.45, 7) is 11.9. The van der Waals surface area contributed by atoms with Gasteiger partial charge >= 0.3 is 5.97 Å². The molecule has 1 aromatic heterocycles. The first-order valence-electron chi connectivity index (χ1n) is 19.0. The van der Waals surface area contributed by atoms with Crippen LogP contribution in [-0.4, -0.2) is 81.3 Å². The number of halogens is 2. The normalized spacial score (nSPS) is 18.5. The van der Waals surface area contributed by atoms with Crippen LogP contribution < -0.4 is 4.74 Å². The number of aromatic nitrogens is 2. The molecule has 2 aliphatic rings. The van der Waals surface area contributed by atoms with E-state index in [0.29, 0.717) is 38.0 Å². The molecular weight excluding hydrogens is 729 g/mol. The lowest BCUT2D eigenvalue weighted by atomic mass is 9.85. The Morgan fingerprint density at radius 1 is 0.926 bits per heavy atom. The van der Waals surface area contributed by atoms with E-state index < -0.39 is 29.5 Å². The number of nitrogens with zero attached hydrogens (tertiary/aromatic N) is 3. The second-order valence-corrected chi connectivity index (χ2v) is 24.1. The molecule has 2 fully saturated rings. The van der Waals surface area contributed by atoms with Crippen LogP contribution in [0.2, 0.25) is 25.7 Å². The second-order valence-electron chi connectivity index (χ2n) is 16.3. The molecule has 292 valence electrons. The summed E-state index contributed by atoms with van der Waals surface area (Å²) in [4.78, 5) is 18.9. The molecule has 1 aliphatic heterocycles. The molecule has 9 nitrogen and oxygen atoms in total. The molecule has 0 N–H and O–H groups in total. The van der Waals surface area contributed by atoms with Gasteiger partial charge in [-0.25, -0.2) is 17.2 Å². The first kappa shape index (κ1) is 40.0. The zero-order chi connectivity index (χ0) is 38.6. The minimum absolute atomic E-state index is 0.0238. The van der Waals surface area contributed by atoms with E-state index in [1.807, 2.05) is 24.3 Å². The Balaban J connectivity index is 1.17. The minimum atomic E-state index is -2.96. The number of esters is 1. The first-order valence-corrected chi connectivity index (χ1v) is 24.8. The standard InChI is InChI=1S/C41H53F2N3O6SSi/c1-6-51-37(47)21-28-9-17-34(18-10-28)52-41-44-40-36(46(41)27-50-19-20-54(3,4)5)22-35(42)38(39(40)43)33-15-13-32(14-16-33)31-11-7-29(8-12-31)23-45-24-30(25-45)26-53(2,48)49/h7-8,11-16,22,28,30,34H,6,9-10,17-21,23-27H2,1-5H3. The third kappa shape index (κ3) is 10.3. The number of carbonyl (C=O) groups is 1. The third-order valence-electron chi connectivity index (χ3n) is 10.4. The lowest BCUT2D eigenvalue weighted by molar-refractivity contribution is -0.144. The second kappa shape index (κ2) is 17.0. The number of sulfone groups is 1. The van der Waals surface area contributed by atoms with E-state index in [2.05, 4.69) is 41.7 Å². The SMILES string of the molecule is CCOC(=O)CC1CCC(Oc2nc3c(F)c(-c4ccc(-c5ccc(CN6CC(CS(C)(=O)=O)C6)cc5)cc4)c(F)cc3n2COCC[Si](C)(C)C)CC1. The molecule has 2 heterocycles. The molecule has 1 saturated carbocycles. The van der Waals surface area contributed by atoms with Gasteiger partial charge in [-0.3, -0.25) is 14.3 Å². The van der Waals surface area contributed by atoms with Crippen molar-refractivity contribution in [1.29, 1.82) is 0 Å². The highest BCUT2D eigenvalue weighted by molar-refractivity contribution is 7.90. The summed E-state index contributed by atoms with van der Waals surface area (Å²) in [7, 11) is -4.33. The monoisotopic (exact) mass is 781 g/mol. The Morgan fingerprint density at radius 2 is 1.56 bits per heavy atom. The highest BCUT2D eigenvalue weighted by Gasteiger charge is 2.30. The zero-order valence-electron chi connectivity index (χ0n) is 32.1. The fourth-order valence-electron chi connectivity index (χ4n) is 7.47. The van der Waals surface area contributed by atoms with Crippen molar-refractivity contribution >= 4 is 34.9 Å². The number of hydrogen-bond acceptors (Lipinski definition) is 8. The molecule has 4 aromatic rings. The molecule has 54 heavy (non-hydrogen) atoms. The Hall–Kier alpha value is -3.65. The van der Waals surface area contributed by atoms with Gasteiger partial charge in [0.25, 0.3) is 6.01 Å². The van der Waals surface area contributed by atoms with Crippen LogP contribution in [-0.2, 0) is 37.4 Å². The number of fused-ring (bicyclic) bond motifs is 1. The molecule has 6 rings (SSSR count). The highest BCUT2D eigenvalue weighted by Crippen LogP contribution is 2.37. The van der Waals surface area contributed by atoms with Crippen molar-refractivity contribution in [1.82, 2.24) is 14.5 Å². The number of ether oxygens (including phenoxy) is 3. The quantitative estimate of drug-likeness (QED) is 0.0636. The largest absolute Gasteiger partial charge is 0.466 e. The number of imidazole rings is 1. The van der Waals surface area contributed by atoms with Crippen LogP contribution in [0.3, 0.4) is 0 Å². The Morgan fingerprint density at radius 3 is 2.17 bits per heavy atom. The summed E-state index contributed by atoms with van der Waals surface area (Å²) in [5.41, 5.74) is 3.57. The summed E-state index contributed by atoms with van der Waals surface area (Å²) in [6, 6.07) is 17.8. The van der Waals surface area contributed by atoms with Crippen molar-refractivity contribution in [2.45, 2.75) is 84.1 Å². The third-order valence-corrected chi connectivity index (χ3v) is 13.2. The van der Waals surface area contributed by atoms with Crippen molar-refractivity contribution in [2.75, 3.05) is 38.3 Å². The van der Waals surface area contributed by atoms with E-state index >= 15 is 8.78 Å². The van der Waals surface area contributed by atoms with Gasteiger partial charge in [-0.2, -0.15) is 4.98 Å². The van der Waals surface area contributed by atoms with E-state index in [1.165, 1.54) is 12.3 Å². The van der Waals surface area contributed by atoms with E-state index in [4.69, 9.17) is 14.2 Å². The van der Waals surface area contributed by atoms with Crippen molar-refractivity contribution in [3.63, 3.8) is 0 Å². The maximum absolute atomic E-state index is 16.4. The maximum atomic E-state index is 16.4. The van der Waals surface area contributed by atoms with Gasteiger partial charge in [-0.1, -0.05) is 68.2 Å². The van der Waals surface area contributed by atoms with Crippen LogP contribution in [0.15, 0.2) is 54.6 Å². The van der Waals surface area contributed by atoms with Crippen molar-refractivity contribution in [2.24, 2.45) is 11.8 Å². The van der Waals surface area contributed by atoms with Crippen LogP contribution in [0.1, 0.15) is 44.6 Å². The van der Waals surface area contributed by atoms with Crippen LogP contribution in [0.5, 0.6) is 6.01 Å². The van der Waals surface area contributed by atoms with Crippen LogP contribution in [0.4, 0.5) is 8.78 Å².